The van der Waals surface area contributed by atoms with Crippen molar-refractivity contribution >= 4 is 11.8 Å². The Labute approximate surface area is 164 Å². The molecule has 2 N–H and O–H groups in total. The van der Waals surface area contributed by atoms with E-state index in [9.17, 15) is 18.4 Å². The standard InChI is InChI=1S/C22H26F2N2O2/c1-2-3-11-25-22(28)20(14-17-12-18(23)15-19(24)13-17)26-21(27)10-9-16-7-5-4-6-8-16/h1,9-10,12-13,15-16,20H,3-8,11,14H2,(H,25,28)(H,26,27)/b10-9+/t20-/m0/s1. The average Bonchev–Trinajstić information content (AvgIpc) is 2.66. The number of terminal acetylenes is 1. The summed E-state index contributed by atoms with van der Waals surface area (Å²) in [5.41, 5.74) is 0.283. The van der Waals surface area contributed by atoms with Crippen molar-refractivity contribution in [2.24, 2.45) is 5.92 Å². The fourth-order valence-electron chi connectivity index (χ4n) is 3.32. The van der Waals surface area contributed by atoms with Crippen molar-refractivity contribution in [1.29, 1.82) is 0 Å². The Morgan fingerprint density at radius 3 is 2.50 bits per heavy atom. The lowest BCUT2D eigenvalue weighted by molar-refractivity contribution is -0.127. The van der Waals surface area contributed by atoms with E-state index in [0.29, 0.717) is 12.3 Å². The summed E-state index contributed by atoms with van der Waals surface area (Å²) >= 11 is 0. The Kier molecular flexibility index (Phi) is 8.67. The molecule has 0 spiro atoms. The molecule has 1 saturated carbocycles. The second-order valence-electron chi connectivity index (χ2n) is 7.05. The second kappa shape index (κ2) is 11.2. The van der Waals surface area contributed by atoms with Gasteiger partial charge in [0.2, 0.25) is 11.8 Å². The SMILES string of the molecule is C#CCCNC(=O)[C@H](Cc1cc(F)cc(F)c1)NC(=O)/C=C/C1CCCCC1. The zero-order valence-corrected chi connectivity index (χ0v) is 15.8. The van der Waals surface area contributed by atoms with Crippen LogP contribution in [0.2, 0.25) is 0 Å². The molecule has 1 aromatic rings. The van der Waals surface area contributed by atoms with Crippen LogP contribution >= 0.6 is 0 Å². The quantitative estimate of drug-likeness (QED) is 0.408. The molecule has 1 aliphatic rings. The molecule has 0 aromatic heterocycles. The van der Waals surface area contributed by atoms with Gasteiger partial charge in [0.05, 0.1) is 0 Å². The predicted molar refractivity (Wildman–Crippen MR) is 104 cm³/mol. The first kappa shape index (κ1) is 21.6. The van der Waals surface area contributed by atoms with Gasteiger partial charge < -0.3 is 10.6 Å². The maximum atomic E-state index is 13.5. The van der Waals surface area contributed by atoms with Crippen LogP contribution in [0.1, 0.15) is 44.1 Å². The molecule has 1 atom stereocenters. The second-order valence-corrected chi connectivity index (χ2v) is 7.05. The van der Waals surface area contributed by atoms with Crippen molar-refractivity contribution < 1.29 is 18.4 Å². The molecule has 0 saturated heterocycles. The van der Waals surface area contributed by atoms with Gasteiger partial charge in [0.25, 0.3) is 0 Å². The van der Waals surface area contributed by atoms with E-state index in [-0.39, 0.29) is 18.5 Å². The van der Waals surface area contributed by atoms with Gasteiger partial charge in [0, 0.05) is 25.5 Å². The Balaban J connectivity index is 2.03. The molecule has 4 nitrogen and oxygen atoms in total. The minimum atomic E-state index is -0.956. The van der Waals surface area contributed by atoms with Crippen LogP contribution in [0.5, 0.6) is 0 Å². The van der Waals surface area contributed by atoms with E-state index in [0.717, 1.165) is 43.9 Å². The van der Waals surface area contributed by atoms with Crippen LogP contribution in [0.15, 0.2) is 30.4 Å². The van der Waals surface area contributed by atoms with Gasteiger partial charge >= 0.3 is 0 Å². The molecule has 1 aliphatic carbocycles. The van der Waals surface area contributed by atoms with Gasteiger partial charge in [0.1, 0.15) is 17.7 Å². The summed E-state index contributed by atoms with van der Waals surface area (Å²) in [4.78, 5) is 24.7. The van der Waals surface area contributed by atoms with Gasteiger partial charge in [-0.1, -0.05) is 25.3 Å². The van der Waals surface area contributed by atoms with Gasteiger partial charge in [-0.05, 0) is 42.5 Å². The van der Waals surface area contributed by atoms with Crippen LogP contribution in [-0.2, 0) is 16.0 Å². The van der Waals surface area contributed by atoms with E-state index in [1.54, 1.807) is 0 Å². The van der Waals surface area contributed by atoms with Crippen LogP contribution in [0.4, 0.5) is 8.78 Å². The van der Waals surface area contributed by atoms with Crippen LogP contribution in [0.3, 0.4) is 0 Å². The van der Waals surface area contributed by atoms with Crippen molar-refractivity contribution in [3.63, 3.8) is 0 Å². The van der Waals surface area contributed by atoms with E-state index in [1.165, 1.54) is 12.5 Å². The average molecular weight is 388 g/mol. The highest BCUT2D eigenvalue weighted by atomic mass is 19.1. The van der Waals surface area contributed by atoms with Crippen molar-refractivity contribution in [1.82, 2.24) is 10.6 Å². The van der Waals surface area contributed by atoms with Crippen molar-refractivity contribution in [3.05, 3.63) is 47.5 Å². The molecule has 1 fully saturated rings. The number of benzene rings is 1. The van der Waals surface area contributed by atoms with Crippen LogP contribution in [-0.4, -0.2) is 24.4 Å². The molecule has 1 aromatic carbocycles. The predicted octanol–water partition coefficient (Wildman–Crippen LogP) is 3.27. The van der Waals surface area contributed by atoms with Crippen LogP contribution in [0, 0.1) is 29.9 Å². The summed E-state index contributed by atoms with van der Waals surface area (Å²) in [5, 5.41) is 5.27. The fourth-order valence-corrected chi connectivity index (χ4v) is 3.32. The minimum Gasteiger partial charge on any atom is -0.353 e. The monoisotopic (exact) mass is 388 g/mol. The van der Waals surface area contributed by atoms with Gasteiger partial charge in [0.15, 0.2) is 0 Å². The number of hydrogen-bond donors (Lipinski definition) is 2. The van der Waals surface area contributed by atoms with E-state index in [1.807, 2.05) is 6.08 Å². The largest absolute Gasteiger partial charge is 0.353 e. The number of allylic oxidation sites excluding steroid dienone is 1. The zero-order valence-electron chi connectivity index (χ0n) is 15.8. The Morgan fingerprint density at radius 2 is 1.86 bits per heavy atom. The topological polar surface area (TPSA) is 58.2 Å². The van der Waals surface area contributed by atoms with Gasteiger partial charge in [-0.3, -0.25) is 9.59 Å². The molecule has 150 valence electrons. The van der Waals surface area contributed by atoms with E-state index >= 15 is 0 Å². The minimum absolute atomic E-state index is 0.0282. The molecule has 0 heterocycles. The van der Waals surface area contributed by atoms with Crippen LogP contribution < -0.4 is 10.6 Å². The number of nitrogens with one attached hydrogen (secondary N) is 2. The summed E-state index contributed by atoms with van der Waals surface area (Å²) in [5.74, 6) is 0.475. The summed E-state index contributed by atoms with van der Waals surface area (Å²) in [7, 11) is 0. The van der Waals surface area contributed by atoms with Crippen molar-refractivity contribution in [2.45, 2.75) is 51.0 Å². The molecule has 6 heteroatoms. The Hall–Kier alpha value is -2.68. The first-order chi connectivity index (χ1) is 13.5. The summed E-state index contributed by atoms with van der Waals surface area (Å²) < 4.78 is 26.9. The zero-order chi connectivity index (χ0) is 20.4. The first-order valence-corrected chi connectivity index (χ1v) is 9.63. The number of rotatable bonds is 8. The molecular weight excluding hydrogens is 362 g/mol. The smallest absolute Gasteiger partial charge is 0.244 e. The van der Waals surface area contributed by atoms with Crippen LogP contribution in [0.25, 0.3) is 0 Å². The first-order valence-electron chi connectivity index (χ1n) is 9.63. The van der Waals surface area contributed by atoms with Gasteiger partial charge in [-0.15, -0.1) is 12.3 Å². The highest BCUT2D eigenvalue weighted by molar-refractivity contribution is 5.93. The highest BCUT2D eigenvalue weighted by Gasteiger charge is 2.21. The number of carbonyl (C=O) groups is 2. The molecule has 2 amide bonds. The summed E-state index contributed by atoms with van der Waals surface area (Å²) in [6.07, 6.45) is 14.5. The molecule has 0 aliphatic heterocycles. The summed E-state index contributed by atoms with van der Waals surface area (Å²) in [6, 6.07) is 2.10. The summed E-state index contributed by atoms with van der Waals surface area (Å²) in [6.45, 7) is 0.261. The molecule has 28 heavy (non-hydrogen) atoms. The number of carbonyl (C=O) groups excluding carboxylic acids is 2. The third-order valence-corrected chi connectivity index (χ3v) is 4.73. The molecular formula is C22H26F2N2O2. The lowest BCUT2D eigenvalue weighted by atomic mass is 9.89. The molecule has 0 radical (unpaired) electrons. The third-order valence-electron chi connectivity index (χ3n) is 4.73. The van der Waals surface area contributed by atoms with E-state index in [2.05, 4.69) is 16.6 Å². The lowest BCUT2D eigenvalue weighted by Gasteiger charge is -2.19. The maximum Gasteiger partial charge on any atom is 0.244 e. The molecule has 0 bridgehead atoms. The highest BCUT2D eigenvalue weighted by Crippen LogP contribution is 2.24. The number of halogens is 2. The van der Waals surface area contributed by atoms with E-state index < -0.39 is 29.5 Å². The Bertz CT molecular complexity index is 729. The molecule has 0 unspecified atom stereocenters. The van der Waals surface area contributed by atoms with E-state index in [4.69, 9.17) is 6.42 Å². The lowest BCUT2D eigenvalue weighted by Crippen LogP contribution is -2.47. The number of hydrogen-bond acceptors (Lipinski definition) is 2. The van der Waals surface area contributed by atoms with Crippen molar-refractivity contribution in [3.8, 4) is 12.3 Å². The van der Waals surface area contributed by atoms with Crippen molar-refractivity contribution in [2.75, 3.05) is 6.54 Å². The van der Waals surface area contributed by atoms with Gasteiger partial charge in [-0.25, -0.2) is 8.78 Å². The normalized spacial score (nSPS) is 15.8. The number of amides is 2. The molecule has 2 rings (SSSR count). The third kappa shape index (κ3) is 7.51. The van der Waals surface area contributed by atoms with Gasteiger partial charge in [-0.2, -0.15) is 0 Å². The maximum absolute atomic E-state index is 13.5. The Morgan fingerprint density at radius 1 is 1.18 bits per heavy atom. The fraction of sp³-hybridized carbons (Fsp3) is 0.455.